The fraction of sp³-hybridized carbons (Fsp3) is 1.00. The quantitative estimate of drug-likeness (QED) is 0.604. The smallest absolute Gasteiger partial charge is 0.102 e. The summed E-state index contributed by atoms with van der Waals surface area (Å²) in [5, 5.41) is 0.774. The van der Waals surface area contributed by atoms with E-state index in [0.717, 1.165) is 6.42 Å². The van der Waals surface area contributed by atoms with Crippen LogP contribution in [0.1, 0.15) is 34.1 Å². The molecule has 0 aromatic rings. The third-order valence-electron chi connectivity index (χ3n) is 1.80. The molecule has 0 saturated carbocycles. The van der Waals surface area contributed by atoms with E-state index in [0.29, 0.717) is 11.2 Å². The Labute approximate surface area is 83.5 Å². The molecule has 0 aromatic heterocycles. The van der Waals surface area contributed by atoms with Crippen molar-refractivity contribution in [3.63, 3.8) is 0 Å². The Hall–Kier alpha value is 0.630. The molecule has 0 saturated heterocycles. The van der Waals surface area contributed by atoms with E-state index in [9.17, 15) is 4.39 Å². The highest BCUT2D eigenvalue weighted by Crippen LogP contribution is 2.35. The first-order valence-electron chi connectivity index (χ1n) is 4.49. The van der Waals surface area contributed by atoms with E-state index in [4.69, 9.17) is 0 Å². The van der Waals surface area contributed by atoms with E-state index in [2.05, 4.69) is 27.7 Å². The van der Waals surface area contributed by atoms with E-state index >= 15 is 0 Å². The van der Waals surface area contributed by atoms with E-state index in [1.165, 1.54) is 0 Å². The lowest BCUT2D eigenvalue weighted by Gasteiger charge is -2.19. The lowest BCUT2D eigenvalue weighted by atomic mass is 10.1. The molecule has 0 heterocycles. The molecule has 0 radical (unpaired) electrons. The maximum atomic E-state index is 12.5. The average molecular weight is 210 g/mol. The minimum absolute atomic E-state index is 0.183. The molecule has 1 unspecified atom stereocenters. The second-order valence-electron chi connectivity index (χ2n) is 3.32. The number of rotatable bonds is 6. The van der Waals surface area contributed by atoms with Gasteiger partial charge in [-0.15, -0.1) is 0 Å². The van der Waals surface area contributed by atoms with Gasteiger partial charge in [-0.05, 0) is 5.92 Å². The van der Waals surface area contributed by atoms with Gasteiger partial charge < -0.3 is 0 Å². The second-order valence-corrected chi connectivity index (χ2v) is 6.41. The molecule has 74 valence electrons. The van der Waals surface area contributed by atoms with Crippen LogP contribution in [0.4, 0.5) is 4.39 Å². The van der Waals surface area contributed by atoms with Crippen LogP contribution in [0.5, 0.6) is 0 Å². The summed E-state index contributed by atoms with van der Waals surface area (Å²) in [4.78, 5) is 0. The summed E-state index contributed by atoms with van der Waals surface area (Å²) in [6, 6.07) is 0. The van der Waals surface area contributed by atoms with Crippen molar-refractivity contribution in [2.75, 3.05) is 6.67 Å². The van der Waals surface area contributed by atoms with Gasteiger partial charge in [-0.1, -0.05) is 55.7 Å². The molecular formula is C9H19FS2. The van der Waals surface area contributed by atoms with Gasteiger partial charge in [-0.25, -0.2) is 4.39 Å². The fourth-order valence-corrected chi connectivity index (χ4v) is 3.33. The van der Waals surface area contributed by atoms with Crippen molar-refractivity contribution in [1.82, 2.24) is 0 Å². The summed E-state index contributed by atoms with van der Waals surface area (Å²) in [5.74, 6) is 0.492. The van der Waals surface area contributed by atoms with Crippen LogP contribution in [-0.4, -0.2) is 17.2 Å². The SMILES string of the molecule is CCC(C)[C@@H](CF)SSC(C)C. The van der Waals surface area contributed by atoms with Gasteiger partial charge in [0.15, 0.2) is 0 Å². The zero-order valence-corrected chi connectivity index (χ0v) is 9.97. The minimum Gasteiger partial charge on any atom is -0.250 e. The molecule has 0 spiro atoms. The van der Waals surface area contributed by atoms with Gasteiger partial charge in [0, 0.05) is 10.5 Å². The molecule has 0 nitrogen and oxygen atoms in total. The third-order valence-corrected chi connectivity index (χ3v) is 5.37. The van der Waals surface area contributed by atoms with Crippen molar-refractivity contribution in [1.29, 1.82) is 0 Å². The standard InChI is InChI=1S/C9H19FS2/c1-5-8(4)9(6-10)12-11-7(2)3/h7-9H,5-6H2,1-4H3/t8?,9-/m1/s1. The van der Waals surface area contributed by atoms with Gasteiger partial charge in [-0.3, -0.25) is 0 Å². The van der Waals surface area contributed by atoms with Crippen LogP contribution in [-0.2, 0) is 0 Å². The number of halogens is 1. The zero-order chi connectivity index (χ0) is 9.56. The summed E-state index contributed by atoms with van der Waals surface area (Å²) < 4.78 is 12.5. The van der Waals surface area contributed by atoms with Gasteiger partial charge in [-0.2, -0.15) is 0 Å². The van der Waals surface area contributed by atoms with Crippen molar-refractivity contribution in [2.24, 2.45) is 5.92 Å². The summed E-state index contributed by atoms with van der Waals surface area (Å²) in [5.41, 5.74) is 0. The van der Waals surface area contributed by atoms with Crippen LogP contribution in [0.15, 0.2) is 0 Å². The highest BCUT2D eigenvalue weighted by Gasteiger charge is 2.16. The number of hydrogen-bond acceptors (Lipinski definition) is 2. The van der Waals surface area contributed by atoms with Gasteiger partial charge in [0.1, 0.15) is 6.67 Å². The summed E-state index contributed by atoms with van der Waals surface area (Å²) in [6.07, 6.45) is 1.07. The first kappa shape index (κ1) is 12.6. The van der Waals surface area contributed by atoms with Crippen molar-refractivity contribution in [2.45, 2.75) is 44.6 Å². The van der Waals surface area contributed by atoms with Gasteiger partial charge in [0.2, 0.25) is 0 Å². The largest absolute Gasteiger partial charge is 0.250 e. The van der Waals surface area contributed by atoms with E-state index in [1.54, 1.807) is 21.6 Å². The number of hydrogen-bond donors (Lipinski definition) is 0. The summed E-state index contributed by atoms with van der Waals surface area (Å²) in [6.45, 7) is 8.33. The molecule has 0 aliphatic heterocycles. The fourth-order valence-electron chi connectivity index (χ4n) is 0.718. The first-order valence-corrected chi connectivity index (χ1v) is 6.77. The molecule has 0 N–H and O–H groups in total. The molecule has 0 aliphatic carbocycles. The molecule has 0 rings (SSSR count). The monoisotopic (exact) mass is 210 g/mol. The number of alkyl halides is 1. The normalized spacial score (nSPS) is 16.5. The molecule has 0 bridgehead atoms. The lowest BCUT2D eigenvalue weighted by Crippen LogP contribution is -2.15. The molecule has 0 aliphatic rings. The van der Waals surface area contributed by atoms with Crippen LogP contribution >= 0.6 is 21.6 Å². The maximum absolute atomic E-state index is 12.5. The van der Waals surface area contributed by atoms with Crippen molar-refractivity contribution >= 4 is 21.6 Å². The van der Waals surface area contributed by atoms with E-state index in [-0.39, 0.29) is 11.9 Å². The Balaban J connectivity index is 3.67. The van der Waals surface area contributed by atoms with Crippen molar-refractivity contribution < 1.29 is 4.39 Å². The average Bonchev–Trinajstić information content (AvgIpc) is 2.04. The molecule has 0 fully saturated rings. The van der Waals surface area contributed by atoms with Crippen LogP contribution in [0.2, 0.25) is 0 Å². The second kappa shape index (κ2) is 7.07. The van der Waals surface area contributed by atoms with E-state index < -0.39 is 0 Å². The third kappa shape index (κ3) is 5.31. The lowest BCUT2D eigenvalue weighted by molar-refractivity contribution is 0.411. The van der Waals surface area contributed by atoms with Gasteiger partial charge in [0.25, 0.3) is 0 Å². The van der Waals surface area contributed by atoms with Crippen molar-refractivity contribution in [3.8, 4) is 0 Å². The van der Waals surface area contributed by atoms with Crippen LogP contribution in [0.25, 0.3) is 0 Å². The molecule has 0 aromatic carbocycles. The highest BCUT2D eigenvalue weighted by atomic mass is 33.1. The Kier molecular flexibility index (Phi) is 7.45. The predicted octanol–water partition coefficient (Wildman–Crippen LogP) is 4.16. The van der Waals surface area contributed by atoms with Crippen LogP contribution < -0.4 is 0 Å². The Morgan fingerprint density at radius 3 is 2.08 bits per heavy atom. The van der Waals surface area contributed by atoms with Gasteiger partial charge >= 0.3 is 0 Å². The van der Waals surface area contributed by atoms with Crippen molar-refractivity contribution in [3.05, 3.63) is 0 Å². The van der Waals surface area contributed by atoms with E-state index in [1.807, 2.05) is 0 Å². The Morgan fingerprint density at radius 2 is 1.75 bits per heavy atom. The molecule has 3 heteroatoms. The minimum atomic E-state index is -0.195. The predicted molar refractivity (Wildman–Crippen MR) is 59.5 cm³/mol. The topological polar surface area (TPSA) is 0 Å². The molecule has 12 heavy (non-hydrogen) atoms. The Morgan fingerprint density at radius 1 is 1.17 bits per heavy atom. The zero-order valence-electron chi connectivity index (χ0n) is 8.34. The maximum Gasteiger partial charge on any atom is 0.102 e. The van der Waals surface area contributed by atoms with Crippen LogP contribution in [0.3, 0.4) is 0 Å². The molecule has 2 atom stereocenters. The van der Waals surface area contributed by atoms with Crippen LogP contribution in [0, 0.1) is 5.92 Å². The first-order chi connectivity index (χ1) is 5.61. The Bertz CT molecular complexity index is 107. The highest BCUT2D eigenvalue weighted by molar-refractivity contribution is 8.77. The molecular weight excluding hydrogens is 191 g/mol. The molecule has 0 amide bonds. The van der Waals surface area contributed by atoms with Gasteiger partial charge in [0.05, 0.1) is 0 Å². The summed E-state index contributed by atoms with van der Waals surface area (Å²) >= 11 is 0. The summed E-state index contributed by atoms with van der Waals surface area (Å²) in [7, 11) is 3.49.